The Kier molecular flexibility index (Phi) is 4.11. The van der Waals surface area contributed by atoms with Crippen LogP contribution in [0.3, 0.4) is 0 Å². The molecule has 1 aliphatic rings. The summed E-state index contributed by atoms with van der Waals surface area (Å²) in [6, 6.07) is 21.4. The first-order valence-corrected chi connectivity index (χ1v) is 8.49. The van der Waals surface area contributed by atoms with E-state index in [9.17, 15) is 0 Å². The number of rotatable bonds is 4. The van der Waals surface area contributed by atoms with E-state index >= 15 is 0 Å². The summed E-state index contributed by atoms with van der Waals surface area (Å²) in [5, 5.41) is 2.70. The van der Waals surface area contributed by atoms with Gasteiger partial charge < -0.3 is 4.43 Å². The predicted octanol–water partition coefficient (Wildman–Crippen LogP) is 2.75. The highest BCUT2D eigenvalue weighted by Gasteiger charge is 2.25. The van der Waals surface area contributed by atoms with E-state index in [1.807, 2.05) is 0 Å². The van der Waals surface area contributed by atoms with Crippen LogP contribution in [0.25, 0.3) is 0 Å². The third kappa shape index (κ3) is 3.14. The second kappa shape index (κ2) is 6.18. The molecule has 0 aliphatic heterocycles. The maximum absolute atomic E-state index is 6.49. The smallest absolute Gasteiger partial charge is 0.283 e. The summed E-state index contributed by atoms with van der Waals surface area (Å²) in [5.74, 6) is 0. The molecule has 3 rings (SSSR count). The molecule has 1 nitrogen and oxygen atoms in total. The van der Waals surface area contributed by atoms with Crippen LogP contribution in [0.2, 0.25) is 0 Å². The van der Waals surface area contributed by atoms with Gasteiger partial charge in [-0.05, 0) is 23.2 Å². The van der Waals surface area contributed by atoms with Crippen LogP contribution in [0, 0.1) is 0 Å². The summed E-state index contributed by atoms with van der Waals surface area (Å²) in [4.78, 5) is 0. The van der Waals surface area contributed by atoms with E-state index < -0.39 is 9.04 Å². The van der Waals surface area contributed by atoms with Crippen LogP contribution in [0.1, 0.15) is 25.7 Å². The zero-order chi connectivity index (χ0) is 12.9. The monoisotopic (exact) mass is 267 g/mol. The van der Waals surface area contributed by atoms with E-state index in [0.717, 1.165) is 0 Å². The molecule has 0 N–H and O–H groups in total. The molecule has 2 heteroatoms. The second-order valence-electron chi connectivity index (χ2n) is 5.09. The van der Waals surface area contributed by atoms with Crippen LogP contribution in [0.15, 0.2) is 60.7 Å². The molecule has 0 bridgehead atoms. The largest absolute Gasteiger partial charge is 0.404 e. The Balaban J connectivity index is 1.87. The lowest BCUT2D eigenvalue weighted by Crippen LogP contribution is -2.46. The summed E-state index contributed by atoms with van der Waals surface area (Å²) >= 11 is 0. The van der Waals surface area contributed by atoms with Crippen molar-refractivity contribution < 1.29 is 4.43 Å². The maximum Gasteiger partial charge on any atom is 0.283 e. The van der Waals surface area contributed by atoms with Gasteiger partial charge in [0.2, 0.25) is 0 Å². The van der Waals surface area contributed by atoms with Crippen molar-refractivity contribution in [1.29, 1.82) is 0 Å². The fraction of sp³-hybridized carbons (Fsp3) is 0.294. The molecule has 0 amide bonds. The van der Waals surface area contributed by atoms with Crippen LogP contribution >= 0.6 is 0 Å². The van der Waals surface area contributed by atoms with Gasteiger partial charge in [-0.15, -0.1) is 0 Å². The van der Waals surface area contributed by atoms with Gasteiger partial charge in [-0.1, -0.05) is 73.5 Å². The van der Waals surface area contributed by atoms with E-state index in [1.54, 1.807) is 0 Å². The van der Waals surface area contributed by atoms with Crippen molar-refractivity contribution in [2.75, 3.05) is 0 Å². The quantitative estimate of drug-likeness (QED) is 0.774. The van der Waals surface area contributed by atoms with Gasteiger partial charge in [0.15, 0.2) is 0 Å². The first-order valence-electron chi connectivity index (χ1n) is 7.08. The molecule has 0 saturated heterocycles. The maximum atomic E-state index is 6.49. The molecule has 2 aromatic carbocycles. The molecule has 1 aliphatic carbocycles. The molecule has 19 heavy (non-hydrogen) atoms. The lowest BCUT2D eigenvalue weighted by Gasteiger charge is -2.20. The van der Waals surface area contributed by atoms with E-state index in [2.05, 4.69) is 60.7 Å². The molecule has 0 aromatic heterocycles. The Hall–Kier alpha value is -1.38. The minimum absolute atomic E-state index is 0.467. The van der Waals surface area contributed by atoms with Gasteiger partial charge in [0.1, 0.15) is 0 Å². The normalized spacial score (nSPS) is 16.1. The zero-order valence-corrected chi connectivity index (χ0v) is 12.1. The van der Waals surface area contributed by atoms with E-state index in [0.29, 0.717) is 6.10 Å². The van der Waals surface area contributed by atoms with Gasteiger partial charge in [0.25, 0.3) is 9.04 Å². The van der Waals surface area contributed by atoms with Gasteiger partial charge in [-0.2, -0.15) is 0 Å². The molecular weight excluding hydrogens is 248 g/mol. The lowest BCUT2D eigenvalue weighted by molar-refractivity contribution is 0.218. The van der Waals surface area contributed by atoms with E-state index in [4.69, 9.17) is 4.43 Å². The van der Waals surface area contributed by atoms with Gasteiger partial charge in [-0.25, -0.2) is 0 Å². The first kappa shape index (κ1) is 12.6. The number of hydrogen-bond acceptors (Lipinski definition) is 1. The Bertz CT molecular complexity index is 452. The molecular formula is C17H19OSi. The highest BCUT2D eigenvalue weighted by Crippen LogP contribution is 2.21. The number of benzene rings is 2. The second-order valence-corrected chi connectivity index (χ2v) is 7.13. The molecule has 0 unspecified atom stereocenters. The average Bonchev–Trinajstić information content (AvgIpc) is 3.00. The summed E-state index contributed by atoms with van der Waals surface area (Å²) in [7, 11) is -1.08. The Morgan fingerprint density at radius 1 is 0.737 bits per heavy atom. The van der Waals surface area contributed by atoms with Crippen LogP contribution in [0.4, 0.5) is 0 Å². The van der Waals surface area contributed by atoms with Crippen molar-refractivity contribution in [3.05, 3.63) is 60.7 Å². The van der Waals surface area contributed by atoms with Crippen molar-refractivity contribution in [2.24, 2.45) is 0 Å². The molecule has 97 valence electrons. The highest BCUT2D eigenvalue weighted by atomic mass is 28.3. The molecule has 1 radical (unpaired) electrons. The van der Waals surface area contributed by atoms with Crippen LogP contribution in [-0.2, 0) is 4.43 Å². The van der Waals surface area contributed by atoms with Crippen molar-refractivity contribution in [3.8, 4) is 0 Å². The minimum atomic E-state index is -1.08. The predicted molar refractivity (Wildman–Crippen MR) is 81.2 cm³/mol. The third-order valence-electron chi connectivity index (χ3n) is 3.66. The van der Waals surface area contributed by atoms with E-state index in [-0.39, 0.29) is 0 Å². The fourth-order valence-electron chi connectivity index (χ4n) is 2.65. The van der Waals surface area contributed by atoms with Gasteiger partial charge in [0, 0.05) is 6.10 Å². The standard InChI is InChI=1S/C17H19OSi/c1-3-11-16(12-4-1)19(17-13-5-2-6-14-17)18-15-9-7-8-10-15/h1-6,11-15H,7-10H2. The Morgan fingerprint density at radius 2 is 1.21 bits per heavy atom. The summed E-state index contributed by atoms with van der Waals surface area (Å²) < 4.78 is 6.49. The van der Waals surface area contributed by atoms with Crippen LogP contribution in [-0.4, -0.2) is 15.1 Å². The third-order valence-corrected chi connectivity index (χ3v) is 5.94. The molecule has 0 atom stereocenters. The summed E-state index contributed by atoms with van der Waals surface area (Å²) in [6.07, 6.45) is 5.57. The first-order chi connectivity index (χ1) is 9.43. The fourth-order valence-corrected chi connectivity index (χ4v) is 4.82. The summed E-state index contributed by atoms with van der Waals surface area (Å²) in [5.41, 5.74) is 0. The molecule has 2 aromatic rings. The highest BCUT2D eigenvalue weighted by molar-refractivity contribution is 6.80. The molecule has 0 spiro atoms. The average molecular weight is 267 g/mol. The summed E-state index contributed by atoms with van der Waals surface area (Å²) in [6.45, 7) is 0. The van der Waals surface area contributed by atoms with Crippen LogP contribution < -0.4 is 10.4 Å². The topological polar surface area (TPSA) is 9.23 Å². The Labute approximate surface area is 117 Å². The molecule has 1 saturated carbocycles. The van der Waals surface area contributed by atoms with Crippen molar-refractivity contribution in [3.63, 3.8) is 0 Å². The molecule has 0 heterocycles. The van der Waals surface area contributed by atoms with Gasteiger partial charge in [0.05, 0.1) is 0 Å². The SMILES string of the molecule is c1ccc([Si](OC2CCCC2)c2ccccc2)cc1. The molecule has 1 fully saturated rings. The zero-order valence-electron chi connectivity index (χ0n) is 11.1. The number of hydrogen-bond donors (Lipinski definition) is 0. The lowest BCUT2D eigenvalue weighted by atomic mass is 10.3. The Morgan fingerprint density at radius 3 is 1.68 bits per heavy atom. The van der Waals surface area contributed by atoms with E-state index in [1.165, 1.54) is 36.1 Å². The van der Waals surface area contributed by atoms with Crippen molar-refractivity contribution in [2.45, 2.75) is 31.8 Å². The van der Waals surface area contributed by atoms with Crippen LogP contribution in [0.5, 0.6) is 0 Å². The van der Waals surface area contributed by atoms with Crippen molar-refractivity contribution in [1.82, 2.24) is 0 Å². The van der Waals surface area contributed by atoms with Gasteiger partial charge in [-0.3, -0.25) is 0 Å². The van der Waals surface area contributed by atoms with Gasteiger partial charge >= 0.3 is 0 Å². The minimum Gasteiger partial charge on any atom is -0.404 e. The van der Waals surface area contributed by atoms with Crippen molar-refractivity contribution >= 4 is 19.4 Å².